The number of carbonyl (C=O) groups excluding carboxylic acids is 2. The normalized spacial score (nSPS) is 16.8. The molecule has 1 fully saturated rings. The second kappa shape index (κ2) is 11.0. The fourth-order valence-electron chi connectivity index (χ4n) is 4.52. The van der Waals surface area contributed by atoms with Gasteiger partial charge in [0.05, 0.1) is 54.4 Å². The molecule has 1 saturated heterocycles. The number of aliphatic hydroxyl groups excluding tert-OH is 1. The van der Waals surface area contributed by atoms with Crippen LogP contribution in [0.25, 0.3) is 11.3 Å². The van der Waals surface area contributed by atoms with E-state index >= 15 is 0 Å². The summed E-state index contributed by atoms with van der Waals surface area (Å²) in [5.41, 5.74) is 1.31. The summed E-state index contributed by atoms with van der Waals surface area (Å²) in [7, 11) is 0. The maximum absolute atomic E-state index is 13.3. The molecule has 2 aliphatic rings. The standard InChI is InChI=1S/C27H25ClF3N5O4/c1-14(24(38)34-22(11-37)15-3-2-4-18(7-15)27(29,30)31)36-10-17-6-5-16(8-20(17)25(36)39)23-21(28)9-32-26(35-23)33-19-12-40-13-19/h2-9,14,19,22,37H,10-13H2,1H3,(H,34,38)(H,32,33,35). The average molecular weight is 576 g/mol. The van der Waals surface area contributed by atoms with Gasteiger partial charge in [0.2, 0.25) is 11.9 Å². The second-order valence-corrected chi connectivity index (χ2v) is 10.0. The Kier molecular flexibility index (Phi) is 7.67. The Morgan fingerprint density at radius 2 is 2.02 bits per heavy atom. The molecule has 0 spiro atoms. The van der Waals surface area contributed by atoms with Crippen LogP contribution in [0.3, 0.4) is 0 Å². The first kappa shape index (κ1) is 27.8. The van der Waals surface area contributed by atoms with E-state index in [2.05, 4.69) is 20.6 Å². The third-order valence-electron chi connectivity index (χ3n) is 6.89. The summed E-state index contributed by atoms with van der Waals surface area (Å²) in [5, 5.41) is 15.8. The smallest absolute Gasteiger partial charge is 0.394 e. The van der Waals surface area contributed by atoms with E-state index in [0.717, 1.165) is 12.1 Å². The van der Waals surface area contributed by atoms with Gasteiger partial charge in [0.15, 0.2) is 0 Å². The van der Waals surface area contributed by atoms with Gasteiger partial charge in [-0.1, -0.05) is 35.9 Å². The van der Waals surface area contributed by atoms with Crippen LogP contribution in [-0.4, -0.2) is 63.7 Å². The molecule has 2 aromatic carbocycles. The summed E-state index contributed by atoms with van der Waals surface area (Å²) < 4.78 is 44.6. The number of benzene rings is 2. The van der Waals surface area contributed by atoms with Gasteiger partial charge in [0, 0.05) is 17.7 Å². The average Bonchev–Trinajstić information content (AvgIpc) is 3.24. The summed E-state index contributed by atoms with van der Waals surface area (Å²) >= 11 is 6.36. The van der Waals surface area contributed by atoms with Crippen molar-refractivity contribution in [2.75, 3.05) is 25.1 Å². The van der Waals surface area contributed by atoms with Crippen molar-refractivity contribution < 1.29 is 32.6 Å². The molecular formula is C27H25ClF3N5O4. The Morgan fingerprint density at radius 1 is 1.25 bits per heavy atom. The number of halogens is 4. The molecule has 3 N–H and O–H groups in total. The van der Waals surface area contributed by atoms with Crippen LogP contribution in [0.15, 0.2) is 48.7 Å². The predicted molar refractivity (Wildman–Crippen MR) is 139 cm³/mol. The van der Waals surface area contributed by atoms with E-state index in [1.54, 1.807) is 18.2 Å². The van der Waals surface area contributed by atoms with Crippen molar-refractivity contribution in [1.29, 1.82) is 0 Å². The maximum atomic E-state index is 13.3. The number of carbonyl (C=O) groups is 2. The van der Waals surface area contributed by atoms with Gasteiger partial charge in [0.25, 0.3) is 5.91 Å². The van der Waals surface area contributed by atoms with Crippen molar-refractivity contribution in [1.82, 2.24) is 20.2 Å². The number of fused-ring (bicyclic) bond motifs is 1. The van der Waals surface area contributed by atoms with E-state index < -0.39 is 42.2 Å². The maximum Gasteiger partial charge on any atom is 0.416 e. The van der Waals surface area contributed by atoms with Gasteiger partial charge in [-0.15, -0.1) is 0 Å². The Hall–Kier alpha value is -3.74. The van der Waals surface area contributed by atoms with E-state index in [1.165, 1.54) is 30.2 Å². The molecule has 2 unspecified atom stereocenters. The van der Waals surface area contributed by atoms with Crippen LogP contribution in [0.2, 0.25) is 5.02 Å². The fourth-order valence-corrected chi connectivity index (χ4v) is 4.72. The first-order valence-electron chi connectivity index (χ1n) is 12.4. The van der Waals surface area contributed by atoms with E-state index in [1.807, 2.05) is 0 Å². The molecule has 210 valence electrons. The number of ether oxygens (including phenoxy) is 1. The van der Waals surface area contributed by atoms with Gasteiger partial charge in [-0.05, 0) is 36.2 Å². The summed E-state index contributed by atoms with van der Waals surface area (Å²) in [6.07, 6.45) is -3.10. The van der Waals surface area contributed by atoms with Gasteiger partial charge >= 0.3 is 6.18 Å². The Bertz CT molecular complexity index is 1450. The van der Waals surface area contributed by atoms with E-state index in [-0.39, 0.29) is 18.2 Å². The number of amides is 2. The number of hydrogen-bond donors (Lipinski definition) is 3. The summed E-state index contributed by atoms with van der Waals surface area (Å²) in [6.45, 7) is 2.15. The zero-order valence-corrected chi connectivity index (χ0v) is 22.0. The highest BCUT2D eigenvalue weighted by molar-refractivity contribution is 6.33. The van der Waals surface area contributed by atoms with Crippen LogP contribution in [0.4, 0.5) is 19.1 Å². The molecular weight excluding hydrogens is 551 g/mol. The molecule has 0 saturated carbocycles. The molecule has 13 heteroatoms. The van der Waals surface area contributed by atoms with Crippen molar-refractivity contribution in [3.63, 3.8) is 0 Å². The lowest BCUT2D eigenvalue weighted by molar-refractivity contribution is -0.137. The lowest BCUT2D eigenvalue weighted by Crippen LogP contribution is -2.46. The van der Waals surface area contributed by atoms with Crippen molar-refractivity contribution in [2.24, 2.45) is 0 Å². The van der Waals surface area contributed by atoms with E-state index in [4.69, 9.17) is 16.3 Å². The zero-order chi connectivity index (χ0) is 28.6. The lowest BCUT2D eigenvalue weighted by Gasteiger charge is -2.26. The zero-order valence-electron chi connectivity index (χ0n) is 21.2. The first-order valence-corrected chi connectivity index (χ1v) is 12.8. The molecule has 3 aromatic rings. The molecule has 3 heterocycles. The molecule has 1 aromatic heterocycles. The highest BCUT2D eigenvalue weighted by Gasteiger charge is 2.36. The topological polar surface area (TPSA) is 117 Å². The number of rotatable bonds is 8. The molecule has 5 rings (SSSR count). The van der Waals surface area contributed by atoms with Crippen molar-refractivity contribution in [3.8, 4) is 11.3 Å². The highest BCUT2D eigenvalue weighted by Crippen LogP contribution is 2.33. The summed E-state index contributed by atoms with van der Waals surface area (Å²) in [6, 6.07) is 7.64. The molecule has 9 nitrogen and oxygen atoms in total. The van der Waals surface area contributed by atoms with Gasteiger partial charge in [-0.25, -0.2) is 9.97 Å². The largest absolute Gasteiger partial charge is 0.416 e. The van der Waals surface area contributed by atoms with Crippen molar-refractivity contribution >= 4 is 29.4 Å². The van der Waals surface area contributed by atoms with Crippen LogP contribution >= 0.6 is 11.6 Å². The molecule has 40 heavy (non-hydrogen) atoms. The summed E-state index contributed by atoms with van der Waals surface area (Å²) in [5.74, 6) is -0.632. The van der Waals surface area contributed by atoms with Crippen LogP contribution in [-0.2, 0) is 22.3 Å². The number of aromatic nitrogens is 2. The summed E-state index contributed by atoms with van der Waals surface area (Å²) in [4.78, 5) is 36.4. The first-order chi connectivity index (χ1) is 19.0. The van der Waals surface area contributed by atoms with Gasteiger partial charge in [-0.2, -0.15) is 13.2 Å². The highest BCUT2D eigenvalue weighted by atomic mass is 35.5. The van der Waals surface area contributed by atoms with Gasteiger partial charge in [0.1, 0.15) is 6.04 Å². The number of anilines is 1. The number of aliphatic hydroxyl groups is 1. The second-order valence-electron chi connectivity index (χ2n) is 9.62. The van der Waals surface area contributed by atoms with Crippen LogP contribution < -0.4 is 10.6 Å². The van der Waals surface area contributed by atoms with Crippen LogP contribution in [0.5, 0.6) is 0 Å². The Labute approximate surface area is 232 Å². The minimum Gasteiger partial charge on any atom is -0.394 e. The lowest BCUT2D eigenvalue weighted by atomic mass is 10.0. The fraction of sp³-hybridized carbons (Fsp3) is 0.333. The number of alkyl halides is 3. The Balaban J connectivity index is 1.31. The molecule has 2 atom stereocenters. The quantitative estimate of drug-likeness (QED) is 0.374. The molecule has 0 bridgehead atoms. The molecule has 2 amide bonds. The SMILES string of the molecule is CC(C(=O)NC(CO)c1cccc(C(F)(F)F)c1)N1Cc2ccc(-c3nc(NC4COC4)ncc3Cl)cc2C1=O. The minimum absolute atomic E-state index is 0.0963. The number of hydrogen-bond acceptors (Lipinski definition) is 7. The predicted octanol–water partition coefficient (Wildman–Crippen LogP) is 3.82. The minimum atomic E-state index is -4.57. The molecule has 0 aliphatic carbocycles. The van der Waals surface area contributed by atoms with Crippen molar-refractivity contribution in [3.05, 3.63) is 75.9 Å². The monoisotopic (exact) mass is 575 g/mol. The Morgan fingerprint density at radius 3 is 2.70 bits per heavy atom. The molecule has 2 aliphatic heterocycles. The third kappa shape index (κ3) is 5.60. The van der Waals surface area contributed by atoms with Crippen molar-refractivity contribution in [2.45, 2.75) is 37.8 Å². The van der Waals surface area contributed by atoms with Crippen LogP contribution in [0, 0.1) is 0 Å². The van der Waals surface area contributed by atoms with Crippen LogP contribution in [0.1, 0.15) is 40.0 Å². The van der Waals surface area contributed by atoms with E-state index in [9.17, 15) is 27.9 Å². The number of nitrogens with one attached hydrogen (secondary N) is 2. The van der Waals surface area contributed by atoms with Gasteiger partial charge < -0.3 is 25.4 Å². The van der Waals surface area contributed by atoms with E-state index in [0.29, 0.717) is 46.6 Å². The molecule has 0 radical (unpaired) electrons. The third-order valence-corrected chi connectivity index (χ3v) is 7.17. The number of nitrogens with zero attached hydrogens (tertiary/aromatic N) is 3. The van der Waals surface area contributed by atoms with Gasteiger partial charge in [-0.3, -0.25) is 9.59 Å².